The van der Waals surface area contributed by atoms with Gasteiger partial charge in [-0.15, -0.1) is 0 Å². The van der Waals surface area contributed by atoms with Gasteiger partial charge >= 0.3 is 0 Å². The molecule has 0 aromatic carbocycles. The lowest BCUT2D eigenvalue weighted by molar-refractivity contribution is -0.843. The lowest BCUT2D eigenvalue weighted by Crippen LogP contribution is -2.38. The highest BCUT2D eigenvalue weighted by Gasteiger charge is 2.04. The predicted molar refractivity (Wildman–Crippen MR) is 32.0 cm³/mol. The van der Waals surface area contributed by atoms with Crippen molar-refractivity contribution in [2.75, 3.05) is 20.6 Å². The minimum Gasteiger partial charge on any atom is -0.633 e. The van der Waals surface area contributed by atoms with Crippen molar-refractivity contribution in [3.05, 3.63) is 5.21 Å². The van der Waals surface area contributed by atoms with E-state index in [1.807, 2.05) is 0 Å². The van der Waals surface area contributed by atoms with E-state index in [0.29, 0.717) is 0 Å². The Bertz CT molecular complexity index is 65.3. The average molecular weight is 119 g/mol. The fourth-order valence-electron chi connectivity index (χ4n) is 0.636. The topological polar surface area (TPSA) is 43.3 Å². The molecule has 0 aliphatic heterocycles. The second kappa shape index (κ2) is 2.44. The number of aliphatic hydroxyl groups is 1. The summed E-state index contributed by atoms with van der Waals surface area (Å²) < 4.78 is -0.419. The predicted octanol–water partition coefficient (Wildman–Crippen LogP) is -0.0586. The fourth-order valence-corrected chi connectivity index (χ4v) is 0.636. The van der Waals surface area contributed by atoms with Crippen molar-refractivity contribution >= 4 is 0 Å². The minimum atomic E-state index is -0.498. The zero-order chi connectivity index (χ0) is 6.78. The summed E-state index contributed by atoms with van der Waals surface area (Å²) in [6, 6.07) is 0. The molecule has 1 unspecified atom stereocenters. The van der Waals surface area contributed by atoms with Gasteiger partial charge < -0.3 is 15.0 Å². The van der Waals surface area contributed by atoms with Crippen LogP contribution in [0, 0.1) is 5.21 Å². The number of likely N-dealkylation sites (N-methyl/N-ethyl adjacent to an activating group) is 1. The van der Waals surface area contributed by atoms with Crippen molar-refractivity contribution in [2.45, 2.75) is 13.0 Å². The van der Waals surface area contributed by atoms with E-state index in [2.05, 4.69) is 0 Å². The van der Waals surface area contributed by atoms with E-state index in [-0.39, 0.29) is 6.54 Å². The van der Waals surface area contributed by atoms with Crippen LogP contribution in [0.3, 0.4) is 0 Å². The molecule has 0 heterocycles. The van der Waals surface area contributed by atoms with Crippen molar-refractivity contribution in [1.29, 1.82) is 0 Å². The molecular weight excluding hydrogens is 106 g/mol. The molecule has 3 nitrogen and oxygen atoms in total. The normalized spacial score (nSPS) is 16.1. The molecule has 0 amide bonds. The highest BCUT2D eigenvalue weighted by molar-refractivity contribution is 4.41. The van der Waals surface area contributed by atoms with Gasteiger partial charge in [-0.05, 0) is 6.92 Å². The van der Waals surface area contributed by atoms with Gasteiger partial charge in [0.25, 0.3) is 0 Å². The zero-order valence-electron chi connectivity index (χ0n) is 5.59. The maximum Gasteiger partial charge on any atom is 0.104 e. The first kappa shape index (κ1) is 7.88. The van der Waals surface area contributed by atoms with Crippen molar-refractivity contribution < 1.29 is 9.75 Å². The Morgan fingerprint density at radius 1 is 1.62 bits per heavy atom. The maximum atomic E-state index is 10.7. The van der Waals surface area contributed by atoms with E-state index in [1.54, 1.807) is 6.92 Å². The summed E-state index contributed by atoms with van der Waals surface area (Å²) in [5, 5.41) is 19.4. The van der Waals surface area contributed by atoms with Crippen molar-refractivity contribution in [1.82, 2.24) is 0 Å². The highest BCUT2D eigenvalue weighted by atomic mass is 16.5. The summed E-state index contributed by atoms with van der Waals surface area (Å²) in [6.07, 6.45) is -0.498. The number of hydrogen-bond donors (Lipinski definition) is 1. The molecule has 0 aromatic rings. The molecule has 0 rings (SSSR count). The van der Waals surface area contributed by atoms with Gasteiger partial charge in [-0.2, -0.15) is 0 Å². The smallest absolute Gasteiger partial charge is 0.104 e. The maximum absolute atomic E-state index is 10.7. The molecule has 8 heavy (non-hydrogen) atoms. The number of quaternary nitrogens is 1. The first-order valence-corrected chi connectivity index (χ1v) is 2.64. The molecule has 0 aromatic heterocycles. The van der Waals surface area contributed by atoms with Crippen LogP contribution in [0.4, 0.5) is 0 Å². The molecule has 0 bridgehead atoms. The molecule has 3 heteroatoms. The third-order valence-electron chi connectivity index (χ3n) is 0.704. The van der Waals surface area contributed by atoms with Crippen LogP contribution in [0.15, 0.2) is 0 Å². The molecule has 1 atom stereocenters. The van der Waals surface area contributed by atoms with Crippen LogP contribution in [0.5, 0.6) is 0 Å². The van der Waals surface area contributed by atoms with Gasteiger partial charge in [-0.25, -0.2) is 0 Å². The van der Waals surface area contributed by atoms with Gasteiger partial charge in [0.05, 0.1) is 14.1 Å². The number of nitrogens with zero attached hydrogens (tertiary/aromatic N) is 1. The van der Waals surface area contributed by atoms with Gasteiger partial charge in [-0.3, -0.25) is 0 Å². The quantitative estimate of drug-likeness (QED) is 0.409. The molecule has 0 aliphatic rings. The molecule has 50 valence electrons. The van der Waals surface area contributed by atoms with E-state index in [4.69, 9.17) is 5.11 Å². The Morgan fingerprint density at radius 3 is 2.00 bits per heavy atom. The molecule has 0 saturated heterocycles. The Labute approximate surface area is 49.7 Å². The van der Waals surface area contributed by atoms with Crippen LogP contribution in [0.25, 0.3) is 0 Å². The number of hydroxylamine groups is 3. The lowest BCUT2D eigenvalue weighted by atomic mass is 10.4. The van der Waals surface area contributed by atoms with Crippen molar-refractivity contribution in [3.8, 4) is 0 Å². The second-order valence-electron chi connectivity index (χ2n) is 2.61. The largest absolute Gasteiger partial charge is 0.633 e. The summed E-state index contributed by atoms with van der Waals surface area (Å²) in [4.78, 5) is 0. The first-order chi connectivity index (χ1) is 3.42. The summed E-state index contributed by atoms with van der Waals surface area (Å²) in [6.45, 7) is 1.87. The molecule has 0 spiro atoms. The Morgan fingerprint density at radius 2 is 2.00 bits per heavy atom. The molecular formula is C5H13NO2. The standard InChI is InChI=1S/C5H13NO2/c1-5(7)4-6(2,3)8/h5,7H,4H2,1-3H3. The van der Waals surface area contributed by atoms with Gasteiger partial charge in [0.1, 0.15) is 12.6 Å². The van der Waals surface area contributed by atoms with Gasteiger partial charge in [-0.1, -0.05) is 0 Å². The number of rotatable bonds is 2. The summed E-state index contributed by atoms with van der Waals surface area (Å²) in [5.74, 6) is 0. The monoisotopic (exact) mass is 119 g/mol. The van der Waals surface area contributed by atoms with E-state index < -0.39 is 10.8 Å². The van der Waals surface area contributed by atoms with E-state index in [9.17, 15) is 5.21 Å². The lowest BCUT2D eigenvalue weighted by Gasteiger charge is -2.34. The molecule has 0 aliphatic carbocycles. The third-order valence-corrected chi connectivity index (χ3v) is 0.704. The fraction of sp³-hybridized carbons (Fsp3) is 1.00. The number of hydrogen-bond acceptors (Lipinski definition) is 2. The van der Waals surface area contributed by atoms with Crippen LogP contribution in [-0.4, -0.2) is 36.5 Å². The summed E-state index contributed by atoms with van der Waals surface area (Å²) in [5.41, 5.74) is 0. The van der Waals surface area contributed by atoms with Gasteiger partial charge in [0, 0.05) is 0 Å². The Balaban J connectivity index is 3.39. The third kappa shape index (κ3) is 5.88. The van der Waals surface area contributed by atoms with E-state index in [1.165, 1.54) is 14.1 Å². The summed E-state index contributed by atoms with van der Waals surface area (Å²) in [7, 11) is 3.01. The average Bonchev–Trinajstić information content (AvgIpc) is 1.21. The number of aliphatic hydroxyl groups excluding tert-OH is 1. The highest BCUT2D eigenvalue weighted by Crippen LogP contribution is 1.93. The Hall–Kier alpha value is -0.120. The summed E-state index contributed by atoms with van der Waals surface area (Å²) >= 11 is 0. The minimum absolute atomic E-state index is 0.264. The van der Waals surface area contributed by atoms with Gasteiger partial charge in [0.2, 0.25) is 0 Å². The molecule has 0 fully saturated rings. The van der Waals surface area contributed by atoms with Crippen LogP contribution in [-0.2, 0) is 0 Å². The van der Waals surface area contributed by atoms with Crippen LogP contribution in [0.1, 0.15) is 6.92 Å². The molecule has 0 radical (unpaired) electrons. The van der Waals surface area contributed by atoms with E-state index in [0.717, 1.165) is 0 Å². The van der Waals surface area contributed by atoms with Crippen molar-refractivity contribution in [3.63, 3.8) is 0 Å². The molecule has 0 saturated carbocycles. The van der Waals surface area contributed by atoms with Crippen LogP contribution in [0.2, 0.25) is 0 Å². The van der Waals surface area contributed by atoms with Crippen molar-refractivity contribution in [2.24, 2.45) is 0 Å². The van der Waals surface area contributed by atoms with Crippen LogP contribution < -0.4 is 0 Å². The second-order valence-corrected chi connectivity index (χ2v) is 2.61. The van der Waals surface area contributed by atoms with Gasteiger partial charge in [0.15, 0.2) is 0 Å². The molecule has 1 N–H and O–H groups in total. The van der Waals surface area contributed by atoms with Crippen LogP contribution >= 0.6 is 0 Å². The SMILES string of the molecule is CC(O)C[N+](C)(C)[O-]. The van der Waals surface area contributed by atoms with E-state index >= 15 is 0 Å². The first-order valence-electron chi connectivity index (χ1n) is 2.64. The zero-order valence-corrected chi connectivity index (χ0v) is 5.59. The Kier molecular flexibility index (Phi) is 2.40.